The molecule has 0 aliphatic rings. The van der Waals surface area contributed by atoms with Gasteiger partial charge in [-0.25, -0.2) is 0 Å². The quantitative estimate of drug-likeness (QED) is 0.800. The van der Waals surface area contributed by atoms with Crippen LogP contribution in [0.1, 0.15) is 23.8 Å². The Morgan fingerprint density at radius 3 is 2.59 bits per heavy atom. The number of nitriles is 1. The Morgan fingerprint density at radius 2 is 2.00 bits per heavy atom. The van der Waals surface area contributed by atoms with Crippen LogP contribution in [0.25, 0.3) is 0 Å². The Kier molecular flexibility index (Phi) is 3.01. The lowest BCUT2D eigenvalue weighted by Crippen LogP contribution is -2.23. The summed E-state index contributed by atoms with van der Waals surface area (Å²) < 4.78 is 5.34. The van der Waals surface area contributed by atoms with E-state index in [0.29, 0.717) is 6.42 Å². The predicted octanol–water partition coefficient (Wildman–Crippen LogP) is 3.61. The zero-order chi connectivity index (χ0) is 12.3. The van der Waals surface area contributed by atoms with Gasteiger partial charge in [0.2, 0.25) is 0 Å². The number of rotatable bonds is 3. The van der Waals surface area contributed by atoms with E-state index in [4.69, 9.17) is 4.42 Å². The van der Waals surface area contributed by atoms with E-state index >= 15 is 0 Å². The number of hydrogen-bond donors (Lipinski definition) is 0. The van der Waals surface area contributed by atoms with Crippen molar-refractivity contribution in [1.29, 1.82) is 5.26 Å². The average Bonchev–Trinajstić information content (AvgIpc) is 2.82. The zero-order valence-corrected chi connectivity index (χ0v) is 10.1. The van der Waals surface area contributed by atoms with Crippen molar-refractivity contribution in [2.45, 2.75) is 25.7 Å². The normalized spacial score (nSPS) is 13.9. The summed E-state index contributed by atoms with van der Waals surface area (Å²) in [6.45, 7) is 3.99. The molecule has 0 fully saturated rings. The van der Waals surface area contributed by atoms with Crippen LogP contribution in [0.3, 0.4) is 0 Å². The van der Waals surface area contributed by atoms with E-state index < -0.39 is 5.41 Å². The van der Waals surface area contributed by atoms with Crippen LogP contribution in [0.4, 0.5) is 0 Å². The molecule has 86 valence electrons. The lowest BCUT2D eigenvalue weighted by atomic mass is 9.78. The van der Waals surface area contributed by atoms with Gasteiger partial charge in [-0.05, 0) is 37.1 Å². The molecule has 0 saturated carbocycles. The summed E-state index contributed by atoms with van der Waals surface area (Å²) in [4.78, 5) is 0. The van der Waals surface area contributed by atoms with Crippen molar-refractivity contribution in [1.82, 2.24) is 0 Å². The number of furan rings is 1. The molecule has 0 N–H and O–H groups in total. The topological polar surface area (TPSA) is 36.9 Å². The molecule has 0 aliphatic heterocycles. The van der Waals surface area contributed by atoms with Gasteiger partial charge < -0.3 is 4.42 Å². The van der Waals surface area contributed by atoms with E-state index in [1.165, 1.54) is 0 Å². The third-order valence-electron chi connectivity index (χ3n) is 3.09. The van der Waals surface area contributed by atoms with Gasteiger partial charge in [-0.3, -0.25) is 0 Å². The van der Waals surface area contributed by atoms with E-state index in [9.17, 15) is 5.26 Å². The van der Waals surface area contributed by atoms with E-state index in [1.807, 2.05) is 50.2 Å². The summed E-state index contributed by atoms with van der Waals surface area (Å²) in [6, 6.07) is 14.2. The van der Waals surface area contributed by atoms with Crippen molar-refractivity contribution in [3.63, 3.8) is 0 Å². The van der Waals surface area contributed by atoms with Crippen molar-refractivity contribution in [3.05, 3.63) is 59.5 Å². The summed E-state index contributed by atoms with van der Waals surface area (Å²) in [5, 5.41) is 9.47. The van der Waals surface area contributed by atoms with Gasteiger partial charge in [-0.1, -0.05) is 24.3 Å². The van der Waals surface area contributed by atoms with Gasteiger partial charge in [-0.15, -0.1) is 0 Å². The van der Waals surface area contributed by atoms with Gasteiger partial charge in [0, 0.05) is 6.42 Å². The second kappa shape index (κ2) is 4.47. The highest BCUT2D eigenvalue weighted by atomic mass is 16.3. The first-order valence-corrected chi connectivity index (χ1v) is 5.65. The maximum atomic E-state index is 9.47. The SMILES string of the molecule is Cc1ccccc1C(C)(C#N)Cc1ccco1. The van der Waals surface area contributed by atoms with E-state index in [0.717, 1.165) is 16.9 Å². The molecule has 17 heavy (non-hydrogen) atoms. The van der Waals surface area contributed by atoms with E-state index in [1.54, 1.807) is 6.26 Å². The molecule has 1 aromatic heterocycles. The number of nitrogens with zero attached hydrogens (tertiary/aromatic N) is 1. The first-order chi connectivity index (χ1) is 8.15. The Morgan fingerprint density at radius 1 is 1.24 bits per heavy atom. The Hall–Kier alpha value is -2.01. The highest BCUT2D eigenvalue weighted by Gasteiger charge is 2.29. The second-order valence-corrected chi connectivity index (χ2v) is 4.51. The molecular weight excluding hydrogens is 210 g/mol. The summed E-state index contributed by atoms with van der Waals surface area (Å²) in [6.07, 6.45) is 2.24. The molecule has 1 unspecified atom stereocenters. The molecule has 0 radical (unpaired) electrons. The standard InChI is InChI=1S/C15H15NO/c1-12-6-3-4-8-14(12)15(2,11-16)10-13-7-5-9-17-13/h3-9H,10H2,1-2H3. The summed E-state index contributed by atoms with van der Waals surface area (Å²) >= 11 is 0. The highest BCUT2D eigenvalue weighted by molar-refractivity contribution is 5.38. The fraction of sp³-hybridized carbons (Fsp3) is 0.267. The molecule has 2 aromatic rings. The van der Waals surface area contributed by atoms with Crippen LogP contribution in [-0.2, 0) is 11.8 Å². The van der Waals surface area contributed by atoms with Crippen LogP contribution < -0.4 is 0 Å². The molecule has 0 bridgehead atoms. The smallest absolute Gasteiger partial charge is 0.105 e. The second-order valence-electron chi connectivity index (χ2n) is 4.51. The van der Waals surface area contributed by atoms with Gasteiger partial charge in [0.25, 0.3) is 0 Å². The largest absolute Gasteiger partial charge is 0.469 e. The van der Waals surface area contributed by atoms with Crippen LogP contribution >= 0.6 is 0 Å². The van der Waals surface area contributed by atoms with E-state index in [2.05, 4.69) is 6.07 Å². The van der Waals surface area contributed by atoms with Crippen LogP contribution in [0.5, 0.6) is 0 Å². The Labute approximate surface area is 102 Å². The van der Waals surface area contributed by atoms with Gasteiger partial charge in [0.15, 0.2) is 0 Å². The third-order valence-corrected chi connectivity index (χ3v) is 3.09. The Balaban J connectivity index is 2.39. The predicted molar refractivity (Wildman–Crippen MR) is 66.6 cm³/mol. The monoisotopic (exact) mass is 225 g/mol. The molecule has 2 heteroatoms. The molecule has 1 heterocycles. The third kappa shape index (κ3) is 2.24. The zero-order valence-electron chi connectivity index (χ0n) is 10.1. The minimum atomic E-state index is -0.538. The molecule has 0 saturated heterocycles. The number of benzene rings is 1. The molecule has 1 aromatic carbocycles. The van der Waals surface area contributed by atoms with Crippen molar-refractivity contribution in [3.8, 4) is 6.07 Å². The maximum absolute atomic E-state index is 9.47. The lowest BCUT2D eigenvalue weighted by Gasteiger charge is -2.22. The molecular formula is C15H15NO. The number of hydrogen-bond acceptors (Lipinski definition) is 2. The minimum absolute atomic E-state index is 0.538. The molecule has 0 spiro atoms. The van der Waals surface area contributed by atoms with Gasteiger partial charge in [0.1, 0.15) is 5.76 Å². The molecule has 2 rings (SSSR count). The maximum Gasteiger partial charge on any atom is 0.105 e. The summed E-state index contributed by atoms with van der Waals surface area (Å²) in [7, 11) is 0. The molecule has 2 nitrogen and oxygen atoms in total. The van der Waals surface area contributed by atoms with Crippen molar-refractivity contribution < 1.29 is 4.42 Å². The van der Waals surface area contributed by atoms with Crippen LogP contribution in [-0.4, -0.2) is 0 Å². The van der Waals surface area contributed by atoms with Crippen LogP contribution in [0.2, 0.25) is 0 Å². The number of aryl methyl sites for hydroxylation is 1. The highest BCUT2D eigenvalue weighted by Crippen LogP contribution is 2.30. The lowest BCUT2D eigenvalue weighted by molar-refractivity contribution is 0.461. The fourth-order valence-corrected chi connectivity index (χ4v) is 2.15. The van der Waals surface area contributed by atoms with Crippen LogP contribution in [0.15, 0.2) is 47.1 Å². The first-order valence-electron chi connectivity index (χ1n) is 5.65. The van der Waals surface area contributed by atoms with Crippen LogP contribution in [0, 0.1) is 18.3 Å². The first kappa shape index (κ1) is 11.5. The minimum Gasteiger partial charge on any atom is -0.469 e. The van der Waals surface area contributed by atoms with Gasteiger partial charge in [0.05, 0.1) is 17.7 Å². The van der Waals surface area contributed by atoms with E-state index in [-0.39, 0.29) is 0 Å². The average molecular weight is 225 g/mol. The van der Waals surface area contributed by atoms with Gasteiger partial charge in [-0.2, -0.15) is 5.26 Å². The van der Waals surface area contributed by atoms with Crippen molar-refractivity contribution >= 4 is 0 Å². The van der Waals surface area contributed by atoms with Crippen molar-refractivity contribution in [2.24, 2.45) is 0 Å². The summed E-state index contributed by atoms with van der Waals surface area (Å²) in [5.41, 5.74) is 1.67. The summed E-state index contributed by atoms with van der Waals surface area (Å²) in [5.74, 6) is 0.845. The van der Waals surface area contributed by atoms with Crippen molar-refractivity contribution in [2.75, 3.05) is 0 Å². The molecule has 1 atom stereocenters. The van der Waals surface area contributed by atoms with Gasteiger partial charge >= 0.3 is 0 Å². The molecule has 0 amide bonds. The Bertz CT molecular complexity index is 536. The molecule has 0 aliphatic carbocycles. The fourth-order valence-electron chi connectivity index (χ4n) is 2.15.